The van der Waals surface area contributed by atoms with Crippen LogP contribution in [0.1, 0.15) is 18.9 Å². The van der Waals surface area contributed by atoms with Crippen LogP contribution in [0.15, 0.2) is 48.5 Å². The summed E-state index contributed by atoms with van der Waals surface area (Å²) < 4.78 is 44.2. The van der Waals surface area contributed by atoms with Crippen molar-refractivity contribution in [2.45, 2.75) is 19.5 Å². The van der Waals surface area contributed by atoms with E-state index < -0.39 is 23.6 Å². The van der Waals surface area contributed by atoms with Crippen LogP contribution < -0.4 is 15.0 Å². The number of hydrogen-bond acceptors (Lipinski definition) is 3. The van der Waals surface area contributed by atoms with Crippen LogP contribution in [0.5, 0.6) is 5.75 Å². The summed E-state index contributed by atoms with van der Waals surface area (Å²) in [7, 11) is 0. The summed E-state index contributed by atoms with van der Waals surface area (Å²) in [6, 6.07) is 11.5. The molecule has 3 rings (SSSR count). The second kappa shape index (κ2) is 7.92. The number of anilines is 2. The normalized spacial score (nSPS) is 16.9. The highest BCUT2D eigenvalue weighted by Gasteiger charge is 2.37. The Morgan fingerprint density at radius 1 is 1.21 bits per heavy atom. The summed E-state index contributed by atoms with van der Waals surface area (Å²) in [4.78, 5) is 26.1. The first kappa shape index (κ1) is 19.7. The van der Waals surface area contributed by atoms with Gasteiger partial charge >= 0.3 is 6.18 Å². The van der Waals surface area contributed by atoms with Crippen molar-refractivity contribution in [1.29, 1.82) is 0 Å². The number of rotatable bonds is 5. The molecule has 28 heavy (non-hydrogen) atoms. The molecule has 1 N–H and O–H groups in total. The van der Waals surface area contributed by atoms with E-state index in [1.54, 1.807) is 24.3 Å². The Morgan fingerprint density at radius 2 is 1.96 bits per heavy atom. The van der Waals surface area contributed by atoms with Crippen molar-refractivity contribution in [2.75, 3.05) is 23.4 Å². The van der Waals surface area contributed by atoms with Crippen molar-refractivity contribution in [1.82, 2.24) is 0 Å². The van der Waals surface area contributed by atoms with Crippen LogP contribution in [0.3, 0.4) is 0 Å². The van der Waals surface area contributed by atoms with E-state index in [1.165, 1.54) is 17.0 Å². The van der Waals surface area contributed by atoms with Gasteiger partial charge < -0.3 is 15.0 Å². The Morgan fingerprint density at radius 3 is 2.68 bits per heavy atom. The minimum Gasteiger partial charge on any atom is -0.492 e. The lowest BCUT2D eigenvalue weighted by atomic mass is 10.1. The van der Waals surface area contributed by atoms with E-state index in [2.05, 4.69) is 5.32 Å². The number of alkyl halides is 3. The number of nitrogens with one attached hydrogen (secondary N) is 1. The third-order valence-corrected chi connectivity index (χ3v) is 4.43. The second-order valence-electron chi connectivity index (χ2n) is 6.37. The van der Waals surface area contributed by atoms with Crippen LogP contribution in [-0.2, 0) is 15.8 Å². The lowest BCUT2D eigenvalue weighted by molar-refractivity contribution is -0.137. The largest absolute Gasteiger partial charge is 0.492 e. The summed E-state index contributed by atoms with van der Waals surface area (Å²) in [6.45, 7) is 2.27. The maximum absolute atomic E-state index is 12.9. The zero-order valence-corrected chi connectivity index (χ0v) is 15.1. The van der Waals surface area contributed by atoms with Crippen molar-refractivity contribution in [3.05, 3.63) is 54.1 Å². The van der Waals surface area contributed by atoms with Gasteiger partial charge in [0.2, 0.25) is 11.8 Å². The molecule has 5 nitrogen and oxygen atoms in total. The lowest BCUT2D eigenvalue weighted by Crippen LogP contribution is -2.28. The van der Waals surface area contributed by atoms with Gasteiger partial charge in [-0.05, 0) is 37.3 Å². The summed E-state index contributed by atoms with van der Waals surface area (Å²) in [6.07, 6.45) is -4.57. The van der Waals surface area contributed by atoms with Crippen molar-refractivity contribution in [3.8, 4) is 5.75 Å². The molecule has 1 aliphatic heterocycles. The molecule has 148 valence electrons. The van der Waals surface area contributed by atoms with Crippen LogP contribution in [0.4, 0.5) is 24.5 Å². The van der Waals surface area contributed by atoms with Gasteiger partial charge in [0.15, 0.2) is 0 Å². The SMILES string of the molecule is CCOc1ccccc1NC(=O)C1CC(=O)N(c2cccc(C(F)(F)F)c2)C1. The first-order valence-corrected chi connectivity index (χ1v) is 8.80. The topological polar surface area (TPSA) is 58.6 Å². The maximum atomic E-state index is 12.9. The van der Waals surface area contributed by atoms with Gasteiger partial charge in [-0.2, -0.15) is 13.2 Å². The highest BCUT2D eigenvalue weighted by molar-refractivity contribution is 6.03. The lowest BCUT2D eigenvalue weighted by Gasteiger charge is -2.18. The van der Waals surface area contributed by atoms with Gasteiger partial charge in [0.25, 0.3) is 0 Å². The third-order valence-electron chi connectivity index (χ3n) is 4.43. The molecule has 2 aromatic carbocycles. The summed E-state index contributed by atoms with van der Waals surface area (Å²) in [5, 5.41) is 2.74. The molecule has 2 aromatic rings. The van der Waals surface area contributed by atoms with E-state index in [4.69, 9.17) is 4.74 Å². The fourth-order valence-corrected chi connectivity index (χ4v) is 3.07. The monoisotopic (exact) mass is 392 g/mol. The second-order valence-corrected chi connectivity index (χ2v) is 6.37. The number of carbonyl (C=O) groups is 2. The Balaban J connectivity index is 1.73. The van der Waals surface area contributed by atoms with E-state index in [-0.39, 0.29) is 24.6 Å². The first-order chi connectivity index (χ1) is 13.3. The number of hydrogen-bond donors (Lipinski definition) is 1. The van der Waals surface area contributed by atoms with Gasteiger partial charge in [-0.1, -0.05) is 18.2 Å². The van der Waals surface area contributed by atoms with Gasteiger partial charge in [0, 0.05) is 18.7 Å². The molecular weight excluding hydrogens is 373 g/mol. The Kier molecular flexibility index (Phi) is 5.58. The highest BCUT2D eigenvalue weighted by atomic mass is 19.4. The zero-order valence-electron chi connectivity index (χ0n) is 15.1. The quantitative estimate of drug-likeness (QED) is 0.834. The zero-order chi connectivity index (χ0) is 20.3. The molecule has 0 spiro atoms. The number of halogens is 3. The molecule has 1 saturated heterocycles. The third kappa shape index (κ3) is 4.27. The van der Waals surface area contributed by atoms with Crippen LogP contribution >= 0.6 is 0 Å². The van der Waals surface area contributed by atoms with Gasteiger partial charge in [-0.3, -0.25) is 9.59 Å². The number of para-hydroxylation sites is 2. The predicted octanol–water partition coefficient (Wildman–Crippen LogP) is 4.10. The molecule has 0 aliphatic carbocycles. The molecule has 1 fully saturated rings. The molecule has 0 bridgehead atoms. The molecule has 0 saturated carbocycles. The minimum atomic E-state index is -4.50. The number of ether oxygens (including phenoxy) is 1. The van der Waals surface area contributed by atoms with E-state index >= 15 is 0 Å². The molecular formula is C20H19F3N2O3. The molecule has 8 heteroatoms. The Labute approximate surface area is 160 Å². The maximum Gasteiger partial charge on any atom is 0.416 e. The van der Waals surface area contributed by atoms with Crippen molar-refractivity contribution in [2.24, 2.45) is 5.92 Å². The number of nitrogens with zero attached hydrogens (tertiary/aromatic N) is 1. The first-order valence-electron chi connectivity index (χ1n) is 8.80. The van der Waals surface area contributed by atoms with Gasteiger partial charge in [0.1, 0.15) is 5.75 Å². The summed E-state index contributed by atoms with van der Waals surface area (Å²) in [5.41, 5.74) is -0.222. The van der Waals surface area contributed by atoms with Gasteiger partial charge in [0.05, 0.1) is 23.8 Å². The van der Waals surface area contributed by atoms with Crippen molar-refractivity contribution in [3.63, 3.8) is 0 Å². The average Bonchev–Trinajstić information content (AvgIpc) is 3.05. The fraction of sp³-hybridized carbons (Fsp3) is 0.300. The van der Waals surface area contributed by atoms with E-state index in [1.807, 2.05) is 6.92 Å². The summed E-state index contributed by atoms with van der Waals surface area (Å²) >= 11 is 0. The molecule has 0 aromatic heterocycles. The smallest absolute Gasteiger partial charge is 0.416 e. The van der Waals surface area contributed by atoms with Crippen LogP contribution in [0.2, 0.25) is 0 Å². The van der Waals surface area contributed by atoms with Crippen molar-refractivity contribution < 1.29 is 27.5 Å². The summed E-state index contributed by atoms with van der Waals surface area (Å²) in [5.74, 6) is -0.929. The van der Waals surface area contributed by atoms with Crippen LogP contribution in [-0.4, -0.2) is 25.0 Å². The van der Waals surface area contributed by atoms with E-state index in [0.29, 0.717) is 18.0 Å². The van der Waals surface area contributed by atoms with E-state index in [0.717, 1.165) is 12.1 Å². The number of benzene rings is 2. The molecule has 1 atom stereocenters. The average molecular weight is 392 g/mol. The number of carbonyl (C=O) groups excluding carboxylic acids is 2. The Bertz CT molecular complexity index is 883. The molecule has 1 unspecified atom stereocenters. The standard InChI is InChI=1S/C20H19F3N2O3/c1-2-28-17-9-4-3-8-16(17)24-19(27)13-10-18(26)25(12-13)15-7-5-6-14(11-15)20(21,22)23/h3-9,11,13H,2,10,12H2,1H3,(H,24,27). The number of amides is 2. The predicted molar refractivity (Wildman–Crippen MR) is 98.1 cm³/mol. The van der Waals surface area contributed by atoms with Crippen molar-refractivity contribution >= 4 is 23.2 Å². The van der Waals surface area contributed by atoms with Gasteiger partial charge in [-0.25, -0.2) is 0 Å². The Hall–Kier alpha value is -3.03. The molecule has 1 heterocycles. The van der Waals surface area contributed by atoms with Crippen LogP contribution in [0.25, 0.3) is 0 Å². The van der Waals surface area contributed by atoms with Gasteiger partial charge in [-0.15, -0.1) is 0 Å². The minimum absolute atomic E-state index is 0.0166. The fourth-order valence-electron chi connectivity index (χ4n) is 3.07. The van der Waals surface area contributed by atoms with Crippen LogP contribution in [0, 0.1) is 5.92 Å². The molecule has 1 aliphatic rings. The molecule has 0 radical (unpaired) electrons. The highest BCUT2D eigenvalue weighted by Crippen LogP contribution is 2.34. The molecule has 2 amide bonds. The van der Waals surface area contributed by atoms with E-state index in [9.17, 15) is 22.8 Å².